The third-order valence-corrected chi connectivity index (χ3v) is 7.82. The number of rotatable bonds is 10. The molecule has 2 aliphatic heterocycles. The maximum Gasteiger partial charge on any atom is 0.178 e. The van der Waals surface area contributed by atoms with E-state index in [1.807, 2.05) is 24.3 Å². The molecular weight excluding hydrogens is 424 g/mol. The average Bonchev–Trinajstić information content (AvgIpc) is 3.11. The fourth-order valence-electron chi connectivity index (χ4n) is 4.50. The van der Waals surface area contributed by atoms with Gasteiger partial charge in [-0.3, -0.25) is 14.9 Å². The Morgan fingerprint density at radius 2 is 2.00 bits per heavy atom. The van der Waals surface area contributed by atoms with Crippen LogP contribution >= 0.6 is 0 Å². The summed E-state index contributed by atoms with van der Waals surface area (Å²) in [6, 6.07) is 8.54. The van der Waals surface area contributed by atoms with Crippen molar-refractivity contribution in [2.75, 3.05) is 25.5 Å². The molecule has 2 heterocycles. The molecule has 0 radical (unpaired) electrons. The Bertz CT molecular complexity index is 1090. The predicted molar refractivity (Wildman–Crippen MR) is 127 cm³/mol. The molecule has 2 atom stereocenters. The minimum Gasteiger partial charge on any atom is -0.397 e. The Labute approximate surface area is 190 Å². The SMILES string of the molecule is CCCC1N=C2C(N)=CC=C3N=CC=CC32N1CCOCCCS(=O)(=O)c1ccccc1. The number of sulfone groups is 1. The molecule has 32 heavy (non-hydrogen) atoms. The Morgan fingerprint density at radius 1 is 1.19 bits per heavy atom. The van der Waals surface area contributed by atoms with Gasteiger partial charge < -0.3 is 10.5 Å². The number of nitrogens with two attached hydrogens (primary N) is 1. The van der Waals surface area contributed by atoms with Crippen LogP contribution in [0.4, 0.5) is 0 Å². The molecule has 1 aromatic rings. The van der Waals surface area contributed by atoms with Crippen LogP contribution in [0, 0.1) is 0 Å². The fourth-order valence-corrected chi connectivity index (χ4v) is 5.80. The van der Waals surface area contributed by atoms with Gasteiger partial charge in [-0.15, -0.1) is 0 Å². The maximum atomic E-state index is 12.4. The van der Waals surface area contributed by atoms with E-state index in [0.29, 0.717) is 36.8 Å². The lowest BCUT2D eigenvalue weighted by molar-refractivity contribution is 0.0750. The Hall–Kier alpha value is -2.55. The summed E-state index contributed by atoms with van der Waals surface area (Å²) < 4.78 is 30.7. The number of ether oxygens (including phenoxy) is 1. The van der Waals surface area contributed by atoms with E-state index in [1.54, 1.807) is 30.5 Å². The number of dihydropyridines is 1. The quantitative estimate of drug-likeness (QED) is 0.548. The number of aliphatic imine (C=N–C) groups is 2. The molecule has 0 fully saturated rings. The number of nitrogens with zero attached hydrogens (tertiary/aromatic N) is 3. The molecule has 170 valence electrons. The Morgan fingerprint density at radius 3 is 2.78 bits per heavy atom. The van der Waals surface area contributed by atoms with E-state index in [0.717, 1.165) is 24.3 Å². The lowest BCUT2D eigenvalue weighted by Gasteiger charge is -2.42. The summed E-state index contributed by atoms with van der Waals surface area (Å²) in [5.41, 5.74) is 8.21. The lowest BCUT2D eigenvalue weighted by Crippen LogP contribution is -2.56. The number of benzene rings is 1. The van der Waals surface area contributed by atoms with Gasteiger partial charge in [0.2, 0.25) is 0 Å². The largest absolute Gasteiger partial charge is 0.397 e. The van der Waals surface area contributed by atoms with Crippen LogP contribution in [0.1, 0.15) is 26.2 Å². The molecule has 3 aliphatic rings. The first-order chi connectivity index (χ1) is 15.5. The molecule has 0 aromatic heterocycles. The van der Waals surface area contributed by atoms with Crippen molar-refractivity contribution in [2.24, 2.45) is 15.7 Å². The first-order valence-electron chi connectivity index (χ1n) is 11.1. The number of hydrogen-bond donors (Lipinski definition) is 1. The van der Waals surface area contributed by atoms with Gasteiger partial charge in [0.1, 0.15) is 11.7 Å². The van der Waals surface area contributed by atoms with Crippen molar-refractivity contribution >= 4 is 21.8 Å². The van der Waals surface area contributed by atoms with Crippen LogP contribution in [0.2, 0.25) is 0 Å². The van der Waals surface area contributed by atoms with E-state index in [-0.39, 0.29) is 11.9 Å². The van der Waals surface area contributed by atoms with Gasteiger partial charge in [-0.1, -0.05) is 37.6 Å². The minimum atomic E-state index is -3.28. The van der Waals surface area contributed by atoms with Crippen molar-refractivity contribution in [1.29, 1.82) is 0 Å². The molecule has 1 aromatic carbocycles. The molecule has 7 nitrogen and oxygen atoms in total. The second kappa shape index (κ2) is 9.52. The van der Waals surface area contributed by atoms with E-state index in [4.69, 9.17) is 15.5 Å². The summed E-state index contributed by atoms with van der Waals surface area (Å²) in [5, 5.41) is 0. The van der Waals surface area contributed by atoms with Crippen molar-refractivity contribution in [1.82, 2.24) is 4.90 Å². The summed E-state index contributed by atoms with van der Waals surface area (Å²) >= 11 is 0. The first kappa shape index (κ1) is 22.6. The van der Waals surface area contributed by atoms with Gasteiger partial charge in [0.25, 0.3) is 0 Å². The van der Waals surface area contributed by atoms with Gasteiger partial charge in [0, 0.05) is 19.4 Å². The standard InChI is InChI=1S/C24H30N4O3S/c1-2-8-22-27-23-20(25)11-12-21-24(23,13-6-14-26-21)28(22)15-17-31-16-7-18-32(29,30)19-9-4-3-5-10-19/h3-6,9-14,22H,2,7-8,15-18,25H2,1H3. The van der Waals surface area contributed by atoms with Gasteiger partial charge in [0.05, 0.1) is 34.4 Å². The van der Waals surface area contributed by atoms with Crippen LogP contribution in [0.3, 0.4) is 0 Å². The van der Waals surface area contributed by atoms with Gasteiger partial charge in [-0.05, 0) is 43.2 Å². The van der Waals surface area contributed by atoms with E-state index in [9.17, 15) is 8.42 Å². The third-order valence-electron chi connectivity index (χ3n) is 6.00. The van der Waals surface area contributed by atoms with Crippen LogP contribution < -0.4 is 5.73 Å². The molecular formula is C24H30N4O3S. The molecule has 0 saturated heterocycles. The zero-order valence-electron chi connectivity index (χ0n) is 18.4. The smallest absolute Gasteiger partial charge is 0.178 e. The highest BCUT2D eigenvalue weighted by Gasteiger charge is 2.52. The molecule has 2 unspecified atom stereocenters. The van der Waals surface area contributed by atoms with Crippen molar-refractivity contribution in [3.63, 3.8) is 0 Å². The molecule has 0 saturated carbocycles. The van der Waals surface area contributed by atoms with Gasteiger partial charge >= 0.3 is 0 Å². The van der Waals surface area contributed by atoms with Gasteiger partial charge in [-0.25, -0.2) is 8.42 Å². The average molecular weight is 455 g/mol. The zero-order valence-corrected chi connectivity index (χ0v) is 19.2. The van der Waals surface area contributed by atoms with Gasteiger partial charge in [0.15, 0.2) is 9.84 Å². The van der Waals surface area contributed by atoms with Crippen molar-refractivity contribution in [3.05, 3.63) is 66.0 Å². The van der Waals surface area contributed by atoms with Crippen molar-refractivity contribution < 1.29 is 13.2 Å². The Balaban J connectivity index is 1.36. The zero-order chi connectivity index (χ0) is 22.6. The van der Waals surface area contributed by atoms with Crippen molar-refractivity contribution in [2.45, 2.75) is 42.8 Å². The topological polar surface area (TPSA) is 97.3 Å². The fraction of sp³-hybridized carbons (Fsp3) is 0.417. The summed E-state index contributed by atoms with van der Waals surface area (Å²) in [6.45, 7) is 3.66. The number of hydrogen-bond acceptors (Lipinski definition) is 7. The molecule has 1 aliphatic carbocycles. The van der Waals surface area contributed by atoms with E-state index < -0.39 is 15.4 Å². The minimum absolute atomic E-state index is 0.00320. The van der Waals surface area contributed by atoms with E-state index in [2.05, 4.69) is 22.9 Å². The first-order valence-corrected chi connectivity index (χ1v) is 12.7. The monoisotopic (exact) mass is 454 g/mol. The van der Waals surface area contributed by atoms with Crippen LogP contribution in [0.15, 0.2) is 80.9 Å². The highest BCUT2D eigenvalue weighted by Crippen LogP contribution is 2.42. The molecule has 8 heteroatoms. The van der Waals surface area contributed by atoms with Crippen molar-refractivity contribution in [3.8, 4) is 0 Å². The highest BCUT2D eigenvalue weighted by atomic mass is 32.2. The van der Waals surface area contributed by atoms with E-state index >= 15 is 0 Å². The van der Waals surface area contributed by atoms with Crippen LogP contribution in [-0.4, -0.2) is 62.5 Å². The van der Waals surface area contributed by atoms with Crippen LogP contribution in [0.25, 0.3) is 0 Å². The Kier molecular flexibility index (Phi) is 6.74. The van der Waals surface area contributed by atoms with Gasteiger partial charge in [-0.2, -0.15) is 0 Å². The van der Waals surface area contributed by atoms with Crippen LogP contribution in [0.5, 0.6) is 0 Å². The third kappa shape index (κ3) is 4.22. The molecule has 4 rings (SSSR count). The maximum absolute atomic E-state index is 12.4. The molecule has 0 bridgehead atoms. The lowest BCUT2D eigenvalue weighted by atomic mass is 9.81. The molecule has 0 amide bonds. The summed E-state index contributed by atoms with van der Waals surface area (Å²) in [6.07, 6.45) is 12.1. The predicted octanol–water partition coefficient (Wildman–Crippen LogP) is 2.87. The molecule has 2 N–H and O–H groups in total. The second-order valence-electron chi connectivity index (χ2n) is 8.12. The molecule has 1 spiro atoms. The van der Waals surface area contributed by atoms with E-state index in [1.165, 1.54) is 0 Å². The highest BCUT2D eigenvalue weighted by molar-refractivity contribution is 7.91. The summed E-state index contributed by atoms with van der Waals surface area (Å²) in [5.74, 6) is 0.0715. The summed E-state index contributed by atoms with van der Waals surface area (Å²) in [4.78, 5) is 12.2. The van der Waals surface area contributed by atoms with Crippen LogP contribution in [-0.2, 0) is 14.6 Å². The second-order valence-corrected chi connectivity index (χ2v) is 10.2. The summed E-state index contributed by atoms with van der Waals surface area (Å²) in [7, 11) is -3.28. The number of allylic oxidation sites excluding steroid dienone is 3. The normalized spacial score (nSPS) is 24.5.